The number of benzene rings is 1. The molecule has 2 rings (SSSR count). The Bertz CT molecular complexity index is 628. The van der Waals surface area contributed by atoms with Crippen LogP contribution in [0.1, 0.15) is 17.5 Å². The number of hydrogen-bond donors (Lipinski definition) is 0. The maximum atomic E-state index is 12.2. The molecule has 1 aromatic carbocycles. The van der Waals surface area contributed by atoms with Gasteiger partial charge in [0.05, 0.1) is 6.07 Å². The first-order chi connectivity index (χ1) is 11.0. The van der Waals surface area contributed by atoms with Gasteiger partial charge >= 0.3 is 0 Å². The molecule has 0 radical (unpaired) electrons. The first-order valence-corrected chi connectivity index (χ1v) is 7.64. The van der Waals surface area contributed by atoms with Gasteiger partial charge in [0, 0.05) is 26.2 Å². The highest BCUT2D eigenvalue weighted by molar-refractivity contribution is 5.80. The maximum Gasteiger partial charge on any atom is 0.260 e. The van der Waals surface area contributed by atoms with E-state index in [9.17, 15) is 9.59 Å². The lowest BCUT2D eigenvalue weighted by molar-refractivity contribution is -0.140. The molecule has 23 heavy (non-hydrogen) atoms. The van der Waals surface area contributed by atoms with Crippen molar-refractivity contribution in [1.29, 1.82) is 5.26 Å². The van der Waals surface area contributed by atoms with Crippen LogP contribution in [-0.2, 0) is 9.59 Å². The maximum absolute atomic E-state index is 12.2. The average molecular weight is 315 g/mol. The predicted molar refractivity (Wildman–Crippen MR) is 84.8 cm³/mol. The van der Waals surface area contributed by atoms with Crippen LogP contribution in [0.2, 0.25) is 0 Å². The molecule has 1 heterocycles. The van der Waals surface area contributed by atoms with E-state index in [0.29, 0.717) is 26.2 Å². The Morgan fingerprint density at radius 2 is 1.74 bits per heavy atom. The number of hydrogen-bond acceptors (Lipinski definition) is 4. The molecule has 1 aliphatic heterocycles. The van der Waals surface area contributed by atoms with E-state index in [0.717, 1.165) is 16.9 Å². The molecule has 1 aromatic rings. The van der Waals surface area contributed by atoms with Crippen LogP contribution in [0, 0.1) is 25.2 Å². The molecule has 6 nitrogen and oxygen atoms in total. The zero-order valence-electron chi connectivity index (χ0n) is 13.5. The van der Waals surface area contributed by atoms with Crippen LogP contribution in [-0.4, -0.2) is 54.4 Å². The Labute approximate surface area is 136 Å². The Kier molecular flexibility index (Phi) is 5.58. The number of nitriles is 1. The zero-order chi connectivity index (χ0) is 16.8. The molecule has 122 valence electrons. The van der Waals surface area contributed by atoms with Crippen LogP contribution in [0.3, 0.4) is 0 Å². The van der Waals surface area contributed by atoms with E-state index in [2.05, 4.69) is 0 Å². The summed E-state index contributed by atoms with van der Waals surface area (Å²) in [5.41, 5.74) is 2.16. The van der Waals surface area contributed by atoms with Gasteiger partial charge in [-0.15, -0.1) is 0 Å². The van der Waals surface area contributed by atoms with Crippen LogP contribution in [0.4, 0.5) is 0 Å². The standard InChI is InChI=1S/C17H21N3O3/c1-13-4-3-5-15(14(13)2)23-12-17(22)20-10-8-19(9-11-20)16(21)6-7-18/h3-5H,6,8-12H2,1-2H3. The molecule has 0 unspecified atom stereocenters. The fraction of sp³-hybridized carbons (Fsp3) is 0.471. The molecule has 2 amide bonds. The molecule has 0 aliphatic carbocycles. The van der Waals surface area contributed by atoms with Gasteiger partial charge in [0.1, 0.15) is 12.2 Å². The van der Waals surface area contributed by atoms with Gasteiger partial charge in [0.15, 0.2) is 6.61 Å². The van der Waals surface area contributed by atoms with Gasteiger partial charge < -0.3 is 14.5 Å². The number of carbonyl (C=O) groups excluding carboxylic acids is 2. The van der Waals surface area contributed by atoms with Crippen molar-refractivity contribution in [2.24, 2.45) is 0 Å². The molecular formula is C17H21N3O3. The highest BCUT2D eigenvalue weighted by atomic mass is 16.5. The monoisotopic (exact) mass is 315 g/mol. The number of amides is 2. The molecule has 6 heteroatoms. The van der Waals surface area contributed by atoms with Crippen molar-refractivity contribution in [2.45, 2.75) is 20.3 Å². The van der Waals surface area contributed by atoms with Gasteiger partial charge in [-0.3, -0.25) is 9.59 Å². The molecule has 1 saturated heterocycles. The largest absolute Gasteiger partial charge is 0.483 e. The molecule has 0 bridgehead atoms. The molecule has 0 saturated carbocycles. The summed E-state index contributed by atoms with van der Waals surface area (Å²) in [6.45, 7) is 5.86. The quantitative estimate of drug-likeness (QED) is 0.838. The van der Waals surface area contributed by atoms with Crippen LogP contribution in [0.25, 0.3) is 0 Å². The van der Waals surface area contributed by atoms with E-state index in [4.69, 9.17) is 10.00 Å². The van der Waals surface area contributed by atoms with E-state index in [1.54, 1.807) is 9.80 Å². The SMILES string of the molecule is Cc1cccc(OCC(=O)N2CCN(C(=O)CC#N)CC2)c1C. The number of ether oxygens (including phenoxy) is 1. The Hall–Kier alpha value is -2.55. The van der Waals surface area contributed by atoms with Crippen molar-refractivity contribution in [3.63, 3.8) is 0 Å². The minimum atomic E-state index is -0.175. The second-order valence-corrected chi connectivity index (χ2v) is 5.58. The minimum absolute atomic E-state index is 0.00354. The number of carbonyl (C=O) groups is 2. The number of rotatable bonds is 4. The third-order valence-electron chi connectivity index (χ3n) is 4.12. The van der Waals surface area contributed by atoms with E-state index in [1.165, 1.54) is 0 Å². The van der Waals surface area contributed by atoms with E-state index in [1.807, 2.05) is 38.1 Å². The molecule has 1 aliphatic rings. The summed E-state index contributed by atoms with van der Waals surface area (Å²) in [4.78, 5) is 27.2. The van der Waals surface area contributed by atoms with Crippen molar-refractivity contribution in [2.75, 3.05) is 32.8 Å². The summed E-state index contributed by atoms with van der Waals surface area (Å²) in [5.74, 6) is 0.464. The van der Waals surface area contributed by atoms with Crippen molar-refractivity contribution in [3.8, 4) is 11.8 Å². The Balaban J connectivity index is 1.83. The molecule has 0 atom stereocenters. The van der Waals surface area contributed by atoms with Crippen molar-refractivity contribution in [3.05, 3.63) is 29.3 Å². The fourth-order valence-corrected chi connectivity index (χ4v) is 2.50. The van der Waals surface area contributed by atoms with Gasteiger partial charge in [0.25, 0.3) is 5.91 Å². The third-order valence-corrected chi connectivity index (χ3v) is 4.12. The summed E-state index contributed by atoms with van der Waals surface area (Å²) >= 11 is 0. The van der Waals surface area contributed by atoms with Crippen LogP contribution in [0.15, 0.2) is 18.2 Å². The molecule has 0 N–H and O–H groups in total. The third kappa shape index (κ3) is 4.22. The van der Waals surface area contributed by atoms with Crippen molar-refractivity contribution >= 4 is 11.8 Å². The summed E-state index contributed by atoms with van der Waals surface area (Å²) in [7, 11) is 0. The average Bonchev–Trinajstić information content (AvgIpc) is 2.56. The normalized spacial score (nSPS) is 14.3. The van der Waals surface area contributed by atoms with Gasteiger partial charge in [-0.2, -0.15) is 5.26 Å². The number of piperazine rings is 1. The predicted octanol–water partition coefficient (Wildman–Crippen LogP) is 1.27. The Morgan fingerprint density at radius 3 is 2.35 bits per heavy atom. The first kappa shape index (κ1) is 16.8. The van der Waals surface area contributed by atoms with Gasteiger partial charge in [0.2, 0.25) is 5.91 Å². The smallest absolute Gasteiger partial charge is 0.260 e. The zero-order valence-corrected chi connectivity index (χ0v) is 13.5. The first-order valence-electron chi connectivity index (χ1n) is 7.64. The fourth-order valence-electron chi connectivity index (χ4n) is 2.50. The number of aryl methyl sites for hydroxylation is 1. The summed E-state index contributed by atoms with van der Waals surface area (Å²) in [5, 5.41) is 8.55. The topological polar surface area (TPSA) is 73.6 Å². The Morgan fingerprint density at radius 1 is 1.13 bits per heavy atom. The summed E-state index contributed by atoms with van der Waals surface area (Å²) < 4.78 is 5.63. The number of nitrogens with zero attached hydrogens (tertiary/aromatic N) is 3. The highest BCUT2D eigenvalue weighted by Gasteiger charge is 2.24. The second-order valence-electron chi connectivity index (χ2n) is 5.58. The van der Waals surface area contributed by atoms with Gasteiger partial charge in [-0.05, 0) is 31.0 Å². The second kappa shape index (κ2) is 7.63. The van der Waals surface area contributed by atoms with Crippen LogP contribution >= 0.6 is 0 Å². The van der Waals surface area contributed by atoms with Gasteiger partial charge in [-0.25, -0.2) is 0 Å². The molecule has 1 fully saturated rings. The lowest BCUT2D eigenvalue weighted by atomic mass is 10.1. The molecule has 0 aromatic heterocycles. The van der Waals surface area contributed by atoms with Crippen molar-refractivity contribution < 1.29 is 14.3 Å². The van der Waals surface area contributed by atoms with E-state index < -0.39 is 0 Å². The molecular weight excluding hydrogens is 294 g/mol. The summed E-state index contributed by atoms with van der Waals surface area (Å²) in [6.07, 6.45) is -0.107. The van der Waals surface area contributed by atoms with Crippen molar-refractivity contribution in [1.82, 2.24) is 9.80 Å². The van der Waals surface area contributed by atoms with E-state index in [-0.39, 0.29) is 24.8 Å². The minimum Gasteiger partial charge on any atom is -0.483 e. The summed E-state index contributed by atoms with van der Waals surface area (Å²) in [6, 6.07) is 7.62. The lowest BCUT2D eigenvalue weighted by Crippen LogP contribution is -2.51. The van der Waals surface area contributed by atoms with Crippen LogP contribution < -0.4 is 4.74 Å². The van der Waals surface area contributed by atoms with Crippen LogP contribution in [0.5, 0.6) is 5.75 Å². The lowest BCUT2D eigenvalue weighted by Gasteiger charge is -2.34. The molecule has 0 spiro atoms. The van der Waals surface area contributed by atoms with Gasteiger partial charge in [-0.1, -0.05) is 12.1 Å². The van der Waals surface area contributed by atoms with E-state index >= 15 is 0 Å². The highest BCUT2D eigenvalue weighted by Crippen LogP contribution is 2.20.